The molecule has 0 unspecified atom stereocenters. The van der Waals surface area contributed by atoms with Crippen molar-refractivity contribution in [2.24, 2.45) is 0 Å². The molecule has 4 heteroatoms. The number of esters is 1. The Balaban J connectivity index is 3.54. The third kappa shape index (κ3) is 3.84. The minimum absolute atomic E-state index is 0.115. The van der Waals surface area contributed by atoms with Gasteiger partial charge in [0, 0.05) is 0 Å². The quantitative estimate of drug-likeness (QED) is 0.777. The van der Waals surface area contributed by atoms with Crippen molar-refractivity contribution in [3.8, 4) is 0 Å². The predicted molar refractivity (Wildman–Crippen MR) is 82.1 cm³/mol. The van der Waals surface area contributed by atoms with Gasteiger partial charge < -0.3 is 9.84 Å². The lowest BCUT2D eigenvalue weighted by atomic mass is 9.88. The second-order valence-corrected chi connectivity index (χ2v) is 5.06. The average molecular weight is 292 g/mol. The van der Waals surface area contributed by atoms with E-state index in [1.165, 1.54) is 0 Å². The Morgan fingerprint density at radius 3 is 2.33 bits per heavy atom. The van der Waals surface area contributed by atoms with Gasteiger partial charge in [-0.2, -0.15) is 0 Å². The molecule has 0 radical (unpaired) electrons. The molecule has 0 heterocycles. The van der Waals surface area contributed by atoms with E-state index in [2.05, 4.69) is 6.92 Å². The zero-order chi connectivity index (χ0) is 16.0. The largest absolute Gasteiger partial charge is 0.478 e. The van der Waals surface area contributed by atoms with Gasteiger partial charge in [-0.05, 0) is 55.9 Å². The highest BCUT2D eigenvalue weighted by molar-refractivity contribution is 6.04. The van der Waals surface area contributed by atoms with Crippen molar-refractivity contribution < 1.29 is 19.4 Å². The van der Waals surface area contributed by atoms with E-state index >= 15 is 0 Å². The first-order valence-electron chi connectivity index (χ1n) is 7.53. The maximum Gasteiger partial charge on any atom is 0.339 e. The molecule has 4 nitrogen and oxygen atoms in total. The summed E-state index contributed by atoms with van der Waals surface area (Å²) in [5.74, 6) is -1.61. The van der Waals surface area contributed by atoms with Gasteiger partial charge in [-0.15, -0.1) is 0 Å². The molecule has 0 bridgehead atoms. The molecule has 1 aromatic carbocycles. The molecule has 1 N–H and O–H groups in total. The van der Waals surface area contributed by atoms with Crippen molar-refractivity contribution in [2.75, 3.05) is 6.61 Å². The monoisotopic (exact) mass is 292 g/mol. The molecule has 0 saturated carbocycles. The van der Waals surface area contributed by atoms with Gasteiger partial charge in [0.15, 0.2) is 0 Å². The standard InChI is InChI=1S/C17H24O4/c1-5-8-9-13-12(6-2)11(4)10-14(15(13)16(18)19)17(20)21-7-3/h10H,5-9H2,1-4H3,(H,18,19). The first kappa shape index (κ1) is 17.2. The smallest absolute Gasteiger partial charge is 0.339 e. The fourth-order valence-electron chi connectivity index (χ4n) is 2.66. The van der Waals surface area contributed by atoms with Crippen LogP contribution in [0.4, 0.5) is 0 Å². The molecule has 0 aliphatic heterocycles. The van der Waals surface area contributed by atoms with Crippen LogP contribution in [0.5, 0.6) is 0 Å². The summed E-state index contributed by atoms with van der Waals surface area (Å²) in [6, 6.07) is 1.65. The summed E-state index contributed by atoms with van der Waals surface area (Å²) in [6.07, 6.45) is 3.31. The Morgan fingerprint density at radius 1 is 1.19 bits per heavy atom. The van der Waals surface area contributed by atoms with Crippen LogP contribution in [0.3, 0.4) is 0 Å². The molecule has 116 valence electrons. The second-order valence-electron chi connectivity index (χ2n) is 5.06. The minimum Gasteiger partial charge on any atom is -0.478 e. The van der Waals surface area contributed by atoms with Crippen molar-refractivity contribution in [3.05, 3.63) is 33.9 Å². The van der Waals surface area contributed by atoms with Crippen molar-refractivity contribution in [3.63, 3.8) is 0 Å². The molecule has 0 spiro atoms. The molecule has 0 aliphatic carbocycles. The third-order valence-electron chi connectivity index (χ3n) is 3.62. The molecular formula is C17H24O4. The highest BCUT2D eigenvalue weighted by Gasteiger charge is 2.24. The summed E-state index contributed by atoms with van der Waals surface area (Å²) in [6.45, 7) is 7.94. The van der Waals surface area contributed by atoms with Gasteiger partial charge in [0.25, 0.3) is 0 Å². The van der Waals surface area contributed by atoms with Gasteiger partial charge >= 0.3 is 11.9 Å². The number of aryl methyl sites for hydroxylation is 1. The Labute approximate surface area is 126 Å². The Morgan fingerprint density at radius 2 is 1.86 bits per heavy atom. The van der Waals surface area contributed by atoms with E-state index in [-0.39, 0.29) is 17.7 Å². The number of carbonyl (C=O) groups is 2. The summed E-state index contributed by atoms with van der Waals surface area (Å²) < 4.78 is 5.00. The normalized spacial score (nSPS) is 10.5. The van der Waals surface area contributed by atoms with Crippen LogP contribution in [0.15, 0.2) is 6.07 Å². The maximum atomic E-state index is 12.1. The Bertz CT molecular complexity index is 532. The van der Waals surface area contributed by atoms with Crippen LogP contribution in [-0.4, -0.2) is 23.7 Å². The number of hydrogen-bond donors (Lipinski definition) is 1. The number of aromatic carboxylic acids is 1. The van der Waals surface area contributed by atoms with Crippen LogP contribution in [0.1, 0.15) is 71.0 Å². The lowest BCUT2D eigenvalue weighted by Gasteiger charge is -2.17. The van der Waals surface area contributed by atoms with Crippen LogP contribution in [0.25, 0.3) is 0 Å². The number of ether oxygens (including phenoxy) is 1. The van der Waals surface area contributed by atoms with Crippen molar-refractivity contribution in [1.82, 2.24) is 0 Å². The number of hydrogen-bond acceptors (Lipinski definition) is 3. The van der Waals surface area contributed by atoms with E-state index in [1.54, 1.807) is 13.0 Å². The molecule has 0 amide bonds. The van der Waals surface area contributed by atoms with E-state index in [4.69, 9.17) is 4.74 Å². The van der Waals surface area contributed by atoms with Gasteiger partial charge in [-0.25, -0.2) is 9.59 Å². The molecule has 1 rings (SSSR count). The summed E-state index contributed by atoms with van der Waals surface area (Å²) in [5, 5.41) is 9.57. The zero-order valence-corrected chi connectivity index (χ0v) is 13.3. The second kappa shape index (κ2) is 7.81. The van der Waals surface area contributed by atoms with E-state index < -0.39 is 11.9 Å². The first-order valence-corrected chi connectivity index (χ1v) is 7.53. The van der Waals surface area contributed by atoms with E-state index in [0.29, 0.717) is 6.42 Å². The number of rotatable bonds is 7. The van der Waals surface area contributed by atoms with E-state index in [9.17, 15) is 14.7 Å². The van der Waals surface area contributed by atoms with Gasteiger partial charge in [0.1, 0.15) is 0 Å². The van der Waals surface area contributed by atoms with Crippen molar-refractivity contribution in [2.45, 2.75) is 53.4 Å². The molecule has 21 heavy (non-hydrogen) atoms. The summed E-state index contributed by atoms with van der Waals surface area (Å²) in [5.41, 5.74) is 3.06. The fraction of sp³-hybridized carbons (Fsp3) is 0.529. The predicted octanol–water partition coefficient (Wildman–Crippen LogP) is 3.77. The Hall–Kier alpha value is -1.84. The first-order chi connectivity index (χ1) is 9.97. The summed E-state index contributed by atoms with van der Waals surface area (Å²) >= 11 is 0. The Kier molecular flexibility index (Phi) is 6.40. The van der Waals surface area contributed by atoms with E-state index in [0.717, 1.165) is 36.0 Å². The molecule has 1 aromatic rings. The van der Waals surface area contributed by atoms with Crippen LogP contribution >= 0.6 is 0 Å². The minimum atomic E-state index is -1.06. The SMILES string of the molecule is CCCCc1c(CC)c(C)cc(C(=O)OCC)c1C(=O)O. The molecule has 0 aliphatic rings. The number of carbonyl (C=O) groups excluding carboxylic acids is 1. The zero-order valence-electron chi connectivity index (χ0n) is 13.3. The van der Waals surface area contributed by atoms with E-state index in [1.807, 2.05) is 13.8 Å². The summed E-state index contributed by atoms with van der Waals surface area (Å²) in [4.78, 5) is 23.7. The molecule has 0 fully saturated rings. The molecule has 0 saturated heterocycles. The summed E-state index contributed by atoms with van der Waals surface area (Å²) in [7, 11) is 0. The lowest BCUT2D eigenvalue weighted by Crippen LogP contribution is -2.17. The highest BCUT2D eigenvalue weighted by Crippen LogP contribution is 2.26. The van der Waals surface area contributed by atoms with Crippen LogP contribution in [0.2, 0.25) is 0 Å². The van der Waals surface area contributed by atoms with Gasteiger partial charge in [-0.3, -0.25) is 0 Å². The van der Waals surface area contributed by atoms with Crippen molar-refractivity contribution in [1.29, 1.82) is 0 Å². The van der Waals surface area contributed by atoms with Crippen molar-refractivity contribution >= 4 is 11.9 Å². The lowest BCUT2D eigenvalue weighted by molar-refractivity contribution is 0.0514. The molecule has 0 aromatic heterocycles. The number of unbranched alkanes of at least 4 members (excludes halogenated alkanes) is 1. The van der Waals surface area contributed by atoms with Gasteiger partial charge in [0.05, 0.1) is 17.7 Å². The molecule has 0 atom stereocenters. The van der Waals surface area contributed by atoms with Gasteiger partial charge in [-0.1, -0.05) is 20.3 Å². The topological polar surface area (TPSA) is 63.6 Å². The average Bonchev–Trinajstić information content (AvgIpc) is 2.44. The van der Waals surface area contributed by atoms with Crippen LogP contribution in [0, 0.1) is 6.92 Å². The van der Waals surface area contributed by atoms with Crippen LogP contribution < -0.4 is 0 Å². The number of benzene rings is 1. The highest BCUT2D eigenvalue weighted by atomic mass is 16.5. The van der Waals surface area contributed by atoms with Gasteiger partial charge in [0.2, 0.25) is 0 Å². The number of carboxylic acids is 1. The van der Waals surface area contributed by atoms with Crippen LogP contribution in [-0.2, 0) is 17.6 Å². The molecular weight excluding hydrogens is 268 g/mol. The maximum absolute atomic E-state index is 12.1. The number of carboxylic acid groups (broad SMARTS) is 1. The fourth-order valence-corrected chi connectivity index (χ4v) is 2.66. The third-order valence-corrected chi connectivity index (χ3v) is 3.62.